The van der Waals surface area contributed by atoms with Gasteiger partial charge in [0.25, 0.3) is 0 Å². The van der Waals surface area contributed by atoms with Gasteiger partial charge in [-0.15, -0.1) is 0 Å². The van der Waals surface area contributed by atoms with Crippen LogP contribution in [0.15, 0.2) is 29.2 Å². The third kappa shape index (κ3) is 8.62. The Morgan fingerprint density at radius 2 is 1.82 bits per heavy atom. The van der Waals surface area contributed by atoms with E-state index in [1.165, 1.54) is 6.26 Å². The van der Waals surface area contributed by atoms with E-state index >= 15 is 0 Å². The lowest BCUT2D eigenvalue weighted by Gasteiger charge is -2.28. The zero-order valence-electron chi connectivity index (χ0n) is 20.5. The van der Waals surface area contributed by atoms with Gasteiger partial charge < -0.3 is 19.4 Å². The lowest BCUT2D eigenvalue weighted by molar-refractivity contribution is -0.130. The second-order valence-corrected chi connectivity index (χ2v) is 10.6. The predicted molar refractivity (Wildman–Crippen MR) is 129 cm³/mol. The quantitative estimate of drug-likeness (QED) is 0.452. The summed E-state index contributed by atoms with van der Waals surface area (Å²) in [5.74, 6) is 0.0973. The Balaban J connectivity index is 1.77. The van der Waals surface area contributed by atoms with Gasteiger partial charge in [-0.2, -0.15) is 0 Å². The van der Waals surface area contributed by atoms with Crippen LogP contribution in [0.4, 0.5) is 4.79 Å². The van der Waals surface area contributed by atoms with Crippen molar-refractivity contribution in [2.45, 2.75) is 57.4 Å². The van der Waals surface area contributed by atoms with E-state index in [4.69, 9.17) is 4.74 Å². The fraction of sp³-hybridized carbons (Fsp3) is 0.667. The van der Waals surface area contributed by atoms with Crippen molar-refractivity contribution in [2.75, 3.05) is 52.1 Å². The summed E-state index contributed by atoms with van der Waals surface area (Å²) >= 11 is 0. The maximum absolute atomic E-state index is 12.4. The number of sulfone groups is 1. The van der Waals surface area contributed by atoms with Crippen molar-refractivity contribution in [3.05, 3.63) is 29.8 Å². The molecule has 1 unspecified atom stereocenters. The zero-order chi connectivity index (χ0) is 24.4. The van der Waals surface area contributed by atoms with Gasteiger partial charge in [-0.25, -0.2) is 13.2 Å². The minimum atomic E-state index is -3.17. The highest BCUT2D eigenvalue weighted by molar-refractivity contribution is 7.90. The molecule has 0 saturated carbocycles. The van der Waals surface area contributed by atoms with Crippen molar-refractivity contribution in [1.82, 2.24) is 14.7 Å². The lowest BCUT2D eigenvalue weighted by Crippen LogP contribution is -2.37. The normalized spacial score (nSPS) is 16.1. The second-order valence-electron chi connectivity index (χ2n) is 8.62. The number of nitrogens with zero attached hydrogens (tertiary/aromatic N) is 3. The van der Waals surface area contributed by atoms with Crippen LogP contribution >= 0.6 is 0 Å². The van der Waals surface area contributed by atoms with Crippen molar-refractivity contribution in [2.24, 2.45) is 0 Å². The summed E-state index contributed by atoms with van der Waals surface area (Å²) in [5, 5.41) is 0. The summed E-state index contributed by atoms with van der Waals surface area (Å²) < 4.78 is 28.3. The molecule has 1 aliphatic rings. The van der Waals surface area contributed by atoms with Crippen LogP contribution in [0.1, 0.15) is 45.6 Å². The number of hydrogen-bond acceptors (Lipinski definition) is 6. The highest BCUT2D eigenvalue weighted by Crippen LogP contribution is 2.15. The van der Waals surface area contributed by atoms with Crippen LogP contribution < -0.4 is 0 Å². The van der Waals surface area contributed by atoms with Crippen molar-refractivity contribution in [1.29, 1.82) is 0 Å². The van der Waals surface area contributed by atoms with E-state index in [9.17, 15) is 18.0 Å². The summed E-state index contributed by atoms with van der Waals surface area (Å²) in [5.41, 5.74) is 1.12. The standard InChI is InChI=1S/C24H39N3O5S/c1-5-25(20(3)19-21-9-11-22(12-10-21)33(4,30)31)14-7-8-15-26-17-18-27(16-13-23(26)28)24(29)32-6-2/h9-12,20H,5-8,13-19H2,1-4H3. The van der Waals surface area contributed by atoms with Gasteiger partial charge in [0, 0.05) is 44.9 Å². The van der Waals surface area contributed by atoms with E-state index in [1.54, 1.807) is 24.0 Å². The molecule has 1 aromatic carbocycles. The highest BCUT2D eigenvalue weighted by Gasteiger charge is 2.24. The number of ether oxygens (including phenoxy) is 1. The molecule has 0 spiro atoms. The molecule has 186 valence electrons. The molecule has 8 nitrogen and oxygen atoms in total. The van der Waals surface area contributed by atoms with E-state index in [0.29, 0.717) is 50.1 Å². The first kappa shape index (κ1) is 27.1. The molecule has 1 heterocycles. The van der Waals surface area contributed by atoms with Crippen molar-refractivity contribution < 1.29 is 22.7 Å². The number of likely N-dealkylation sites (N-methyl/N-ethyl adjacent to an activating group) is 1. The highest BCUT2D eigenvalue weighted by atomic mass is 32.2. The van der Waals surface area contributed by atoms with Gasteiger partial charge in [0.05, 0.1) is 11.5 Å². The summed E-state index contributed by atoms with van der Waals surface area (Å²) in [6, 6.07) is 7.47. The first-order valence-corrected chi connectivity index (χ1v) is 13.8. The second kappa shape index (κ2) is 12.9. The Morgan fingerprint density at radius 1 is 1.12 bits per heavy atom. The SMILES string of the molecule is CCOC(=O)N1CCC(=O)N(CCCCN(CC)C(C)Cc2ccc(S(C)(=O)=O)cc2)CC1. The molecule has 0 aromatic heterocycles. The molecule has 0 aliphatic carbocycles. The van der Waals surface area contributed by atoms with Gasteiger partial charge in [0.2, 0.25) is 5.91 Å². The largest absolute Gasteiger partial charge is 0.450 e. The molecule has 1 atom stereocenters. The topological polar surface area (TPSA) is 87.2 Å². The molecule has 0 radical (unpaired) electrons. The van der Waals surface area contributed by atoms with Crippen LogP contribution in [0.3, 0.4) is 0 Å². The average Bonchev–Trinajstić information content (AvgIpc) is 2.95. The number of unbranched alkanes of at least 4 members (excludes halogenated alkanes) is 1. The number of benzene rings is 1. The number of hydrogen-bond donors (Lipinski definition) is 0. The average molecular weight is 482 g/mol. The monoisotopic (exact) mass is 481 g/mol. The lowest BCUT2D eigenvalue weighted by atomic mass is 10.1. The van der Waals surface area contributed by atoms with Gasteiger partial charge in [-0.05, 0) is 63.9 Å². The molecular weight excluding hydrogens is 442 g/mol. The molecule has 2 amide bonds. The third-order valence-electron chi connectivity index (χ3n) is 6.15. The van der Waals surface area contributed by atoms with E-state index in [-0.39, 0.29) is 12.0 Å². The third-order valence-corrected chi connectivity index (χ3v) is 7.28. The van der Waals surface area contributed by atoms with Crippen LogP contribution in [0.5, 0.6) is 0 Å². The molecule has 1 aromatic rings. The Morgan fingerprint density at radius 3 is 2.42 bits per heavy atom. The Bertz CT molecular complexity index is 873. The van der Waals surface area contributed by atoms with Gasteiger partial charge in [-0.1, -0.05) is 19.1 Å². The number of amides is 2. The maximum Gasteiger partial charge on any atom is 0.409 e. The van der Waals surface area contributed by atoms with Crippen molar-refractivity contribution in [3.8, 4) is 0 Å². The van der Waals surface area contributed by atoms with Crippen LogP contribution in [-0.2, 0) is 25.8 Å². The van der Waals surface area contributed by atoms with Crippen LogP contribution in [0.25, 0.3) is 0 Å². The molecule has 1 saturated heterocycles. The van der Waals surface area contributed by atoms with E-state index < -0.39 is 9.84 Å². The molecular formula is C24H39N3O5S. The van der Waals surface area contributed by atoms with E-state index in [1.807, 2.05) is 17.0 Å². The molecule has 2 rings (SSSR count). The molecule has 0 N–H and O–H groups in total. The van der Waals surface area contributed by atoms with Gasteiger partial charge in [0.15, 0.2) is 9.84 Å². The van der Waals surface area contributed by atoms with Crippen molar-refractivity contribution >= 4 is 21.8 Å². The minimum Gasteiger partial charge on any atom is -0.450 e. The number of carbonyl (C=O) groups excluding carboxylic acids is 2. The Kier molecular flexibility index (Phi) is 10.6. The molecule has 1 fully saturated rings. The minimum absolute atomic E-state index is 0.0973. The van der Waals surface area contributed by atoms with Crippen LogP contribution in [-0.4, -0.2) is 93.3 Å². The first-order valence-electron chi connectivity index (χ1n) is 11.9. The van der Waals surface area contributed by atoms with E-state index in [0.717, 1.165) is 37.9 Å². The van der Waals surface area contributed by atoms with E-state index in [2.05, 4.69) is 18.7 Å². The molecule has 33 heavy (non-hydrogen) atoms. The Hall–Kier alpha value is -2.13. The molecule has 9 heteroatoms. The zero-order valence-corrected chi connectivity index (χ0v) is 21.3. The van der Waals surface area contributed by atoms with Crippen molar-refractivity contribution in [3.63, 3.8) is 0 Å². The first-order chi connectivity index (χ1) is 15.7. The fourth-order valence-electron chi connectivity index (χ4n) is 4.15. The summed E-state index contributed by atoms with van der Waals surface area (Å²) in [7, 11) is -3.17. The van der Waals surface area contributed by atoms with Gasteiger partial charge in [-0.3, -0.25) is 4.79 Å². The summed E-state index contributed by atoms with van der Waals surface area (Å²) in [4.78, 5) is 30.6. The molecule has 0 bridgehead atoms. The Labute approximate surface area is 198 Å². The molecule has 1 aliphatic heterocycles. The van der Waals surface area contributed by atoms with Crippen LogP contribution in [0, 0.1) is 0 Å². The smallest absolute Gasteiger partial charge is 0.409 e. The number of rotatable bonds is 11. The van der Waals surface area contributed by atoms with Gasteiger partial charge in [0.1, 0.15) is 0 Å². The number of carbonyl (C=O) groups is 2. The summed E-state index contributed by atoms with van der Waals surface area (Å²) in [6.07, 6.45) is 3.97. The maximum atomic E-state index is 12.4. The van der Waals surface area contributed by atoms with Gasteiger partial charge >= 0.3 is 6.09 Å². The summed E-state index contributed by atoms with van der Waals surface area (Å²) in [6.45, 7) is 10.5. The predicted octanol–water partition coefficient (Wildman–Crippen LogP) is 2.81. The van der Waals surface area contributed by atoms with Crippen LogP contribution in [0.2, 0.25) is 0 Å². The fourth-order valence-corrected chi connectivity index (χ4v) is 4.78.